The number of hydrogen-bond donors (Lipinski definition) is 1. The Labute approximate surface area is 102 Å². The fourth-order valence-corrected chi connectivity index (χ4v) is 2.24. The van der Waals surface area contributed by atoms with Crippen LogP contribution in [0.2, 0.25) is 10.0 Å². The van der Waals surface area contributed by atoms with Gasteiger partial charge in [0.05, 0.1) is 10.5 Å². The Kier molecular flexibility index (Phi) is 2.74. The van der Waals surface area contributed by atoms with Crippen molar-refractivity contribution in [2.45, 2.75) is 6.92 Å². The molecule has 1 heterocycles. The minimum Gasteiger partial charge on any atom is -0.364 e. The third kappa shape index (κ3) is 1.84. The second-order valence-corrected chi connectivity index (χ2v) is 4.31. The summed E-state index contributed by atoms with van der Waals surface area (Å²) in [6.07, 6.45) is 0. The van der Waals surface area contributed by atoms with Gasteiger partial charge in [0, 0.05) is 10.4 Å². The van der Waals surface area contributed by atoms with Crippen molar-refractivity contribution in [3.63, 3.8) is 0 Å². The van der Waals surface area contributed by atoms with Gasteiger partial charge in [0.15, 0.2) is 0 Å². The highest BCUT2D eigenvalue weighted by Crippen LogP contribution is 2.29. The molecule has 0 unspecified atom stereocenters. The smallest absolute Gasteiger partial charge is 0.267 e. The summed E-state index contributed by atoms with van der Waals surface area (Å²) >= 11 is 11.9. The van der Waals surface area contributed by atoms with Gasteiger partial charge >= 0.3 is 0 Å². The van der Waals surface area contributed by atoms with E-state index in [1.807, 2.05) is 6.92 Å². The fraction of sp³-hybridized carbons (Fsp3) is 0.0909. The van der Waals surface area contributed by atoms with Gasteiger partial charge in [-0.2, -0.15) is 0 Å². The molecular weight excluding hydrogens is 247 g/mol. The molecule has 2 aromatic rings. The highest BCUT2D eigenvalue weighted by molar-refractivity contribution is 6.38. The first-order valence-corrected chi connectivity index (χ1v) is 5.31. The van der Waals surface area contributed by atoms with Crippen LogP contribution >= 0.6 is 23.2 Å². The molecule has 0 fully saturated rings. The van der Waals surface area contributed by atoms with Crippen molar-refractivity contribution in [2.24, 2.45) is 5.73 Å². The molecule has 0 aliphatic carbocycles. The summed E-state index contributed by atoms with van der Waals surface area (Å²) in [5.41, 5.74) is 6.82. The van der Waals surface area contributed by atoms with Crippen LogP contribution in [0.25, 0.3) is 10.9 Å². The Morgan fingerprint density at radius 2 is 2.00 bits per heavy atom. The molecule has 1 aromatic carbocycles. The topological polar surface area (TPSA) is 56.0 Å². The lowest BCUT2D eigenvalue weighted by Gasteiger charge is -2.06. The average Bonchev–Trinajstić information content (AvgIpc) is 2.15. The number of aromatic nitrogens is 1. The zero-order valence-corrected chi connectivity index (χ0v) is 9.93. The van der Waals surface area contributed by atoms with E-state index in [-0.39, 0.29) is 5.69 Å². The van der Waals surface area contributed by atoms with Crippen LogP contribution in [0.5, 0.6) is 0 Å². The number of aryl methyl sites for hydroxylation is 1. The zero-order chi connectivity index (χ0) is 11.9. The Balaban J connectivity index is 2.87. The maximum absolute atomic E-state index is 11.1. The van der Waals surface area contributed by atoms with Crippen LogP contribution in [-0.2, 0) is 0 Å². The molecule has 0 atom stereocenters. The van der Waals surface area contributed by atoms with Crippen LogP contribution in [0.3, 0.4) is 0 Å². The Bertz CT molecular complexity index is 596. The summed E-state index contributed by atoms with van der Waals surface area (Å²) in [5, 5.41) is 1.78. The maximum Gasteiger partial charge on any atom is 0.267 e. The third-order valence-electron chi connectivity index (χ3n) is 2.28. The molecule has 0 bridgehead atoms. The first kappa shape index (κ1) is 11.2. The summed E-state index contributed by atoms with van der Waals surface area (Å²) in [5.74, 6) is -0.568. The van der Waals surface area contributed by atoms with Gasteiger partial charge in [-0.25, -0.2) is 4.98 Å². The lowest BCUT2D eigenvalue weighted by Crippen LogP contribution is -2.13. The minimum absolute atomic E-state index is 0.211. The molecule has 0 radical (unpaired) electrons. The Morgan fingerprint density at radius 3 is 2.62 bits per heavy atom. The van der Waals surface area contributed by atoms with Crippen LogP contribution in [-0.4, -0.2) is 10.9 Å². The number of nitrogens with zero attached hydrogens (tertiary/aromatic N) is 1. The van der Waals surface area contributed by atoms with E-state index in [0.717, 1.165) is 10.9 Å². The van der Waals surface area contributed by atoms with Gasteiger partial charge in [-0.1, -0.05) is 23.2 Å². The first-order valence-electron chi connectivity index (χ1n) is 4.55. The predicted molar refractivity (Wildman–Crippen MR) is 65.0 cm³/mol. The summed E-state index contributed by atoms with van der Waals surface area (Å²) in [6, 6.07) is 4.91. The van der Waals surface area contributed by atoms with E-state index in [1.165, 1.54) is 0 Å². The zero-order valence-electron chi connectivity index (χ0n) is 8.42. The van der Waals surface area contributed by atoms with E-state index in [1.54, 1.807) is 18.2 Å². The van der Waals surface area contributed by atoms with Gasteiger partial charge < -0.3 is 5.73 Å². The molecule has 3 nitrogen and oxygen atoms in total. The normalized spacial score (nSPS) is 10.7. The van der Waals surface area contributed by atoms with Crippen LogP contribution in [0, 0.1) is 6.92 Å². The first-order chi connectivity index (χ1) is 7.49. The second kappa shape index (κ2) is 3.92. The molecule has 16 heavy (non-hydrogen) atoms. The van der Waals surface area contributed by atoms with Gasteiger partial charge in [-0.05, 0) is 30.7 Å². The van der Waals surface area contributed by atoms with Crippen molar-refractivity contribution in [2.75, 3.05) is 0 Å². The number of rotatable bonds is 1. The van der Waals surface area contributed by atoms with Crippen LogP contribution in [0.4, 0.5) is 0 Å². The average molecular weight is 255 g/mol. The number of primary amides is 1. The van der Waals surface area contributed by atoms with E-state index >= 15 is 0 Å². The molecule has 1 amide bonds. The number of carbonyl (C=O) groups is 1. The molecule has 0 aliphatic rings. The van der Waals surface area contributed by atoms with Gasteiger partial charge in [0.2, 0.25) is 0 Å². The number of amides is 1. The van der Waals surface area contributed by atoms with Gasteiger partial charge in [0.1, 0.15) is 5.69 Å². The van der Waals surface area contributed by atoms with Crippen molar-refractivity contribution in [3.8, 4) is 0 Å². The van der Waals surface area contributed by atoms with Gasteiger partial charge in [-0.15, -0.1) is 0 Å². The molecule has 2 N–H and O–H groups in total. The summed E-state index contributed by atoms with van der Waals surface area (Å²) < 4.78 is 0. The third-order valence-corrected chi connectivity index (χ3v) is 2.79. The van der Waals surface area contributed by atoms with Crippen molar-refractivity contribution in [3.05, 3.63) is 39.5 Å². The molecule has 0 aliphatic heterocycles. The van der Waals surface area contributed by atoms with E-state index in [0.29, 0.717) is 15.6 Å². The summed E-state index contributed by atoms with van der Waals surface area (Å²) in [6.45, 7) is 1.84. The van der Waals surface area contributed by atoms with Crippen molar-refractivity contribution >= 4 is 40.0 Å². The Hall–Kier alpha value is -1.32. The minimum atomic E-state index is -0.568. The van der Waals surface area contributed by atoms with E-state index in [2.05, 4.69) is 4.98 Å². The number of fused-ring (bicyclic) bond motifs is 1. The number of pyridine rings is 1. The monoisotopic (exact) mass is 254 g/mol. The van der Waals surface area contributed by atoms with Crippen LogP contribution in [0.1, 0.15) is 16.1 Å². The van der Waals surface area contributed by atoms with Crippen molar-refractivity contribution in [1.29, 1.82) is 0 Å². The highest BCUT2D eigenvalue weighted by Gasteiger charge is 2.10. The standard InChI is InChI=1S/C11H8Cl2N2O/c1-5-2-9(11(14)16)15-8-4-6(12)3-7(13)10(5)8/h2-4H,1H3,(H2,14,16). The molecule has 2 rings (SSSR count). The van der Waals surface area contributed by atoms with Crippen molar-refractivity contribution in [1.82, 2.24) is 4.98 Å². The van der Waals surface area contributed by atoms with E-state index < -0.39 is 5.91 Å². The molecule has 0 spiro atoms. The maximum atomic E-state index is 11.1. The fourth-order valence-electron chi connectivity index (χ4n) is 1.60. The van der Waals surface area contributed by atoms with Crippen molar-refractivity contribution < 1.29 is 4.79 Å². The van der Waals surface area contributed by atoms with Crippen LogP contribution < -0.4 is 5.73 Å². The SMILES string of the molecule is Cc1cc(C(N)=O)nc2cc(Cl)cc(Cl)c12. The number of nitrogens with two attached hydrogens (primary N) is 1. The quantitative estimate of drug-likeness (QED) is 0.851. The summed E-state index contributed by atoms with van der Waals surface area (Å²) in [4.78, 5) is 15.2. The number of hydrogen-bond acceptors (Lipinski definition) is 2. The second-order valence-electron chi connectivity index (χ2n) is 3.47. The van der Waals surface area contributed by atoms with Crippen LogP contribution in [0.15, 0.2) is 18.2 Å². The number of benzene rings is 1. The lowest BCUT2D eigenvalue weighted by molar-refractivity contribution is 0.0996. The molecule has 82 valence electrons. The summed E-state index contributed by atoms with van der Waals surface area (Å²) in [7, 11) is 0. The largest absolute Gasteiger partial charge is 0.364 e. The molecule has 1 aromatic heterocycles. The Morgan fingerprint density at radius 1 is 1.31 bits per heavy atom. The van der Waals surface area contributed by atoms with E-state index in [9.17, 15) is 4.79 Å². The lowest BCUT2D eigenvalue weighted by atomic mass is 10.1. The molecule has 0 saturated carbocycles. The molecule has 0 saturated heterocycles. The highest BCUT2D eigenvalue weighted by atomic mass is 35.5. The predicted octanol–water partition coefficient (Wildman–Crippen LogP) is 2.95. The molecule has 5 heteroatoms. The van der Waals surface area contributed by atoms with Gasteiger partial charge in [-0.3, -0.25) is 4.79 Å². The molecular formula is C11H8Cl2N2O. The van der Waals surface area contributed by atoms with Gasteiger partial charge in [0.25, 0.3) is 5.91 Å². The number of halogens is 2. The number of carbonyl (C=O) groups excluding carboxylic acids is 1. The van der Waals surface area contributed by atoms with E-state index in [4.69, 9.17) is 28.9 Å².